The van der Waals surface area contributed by atoms with E-state index < -0.39 is 0 Å². The van der Waals surface area contributed by atoms with Crippen LogP contribution in [0.4, 0.5) is 0 Å². The second kappa shape index (κ2) is 6.25. The molecule has 18 heavy (non-hydrogen) atoms. The van der Waals surface area contributed by atoms with Gasteiger partial charge in [0.1, 0.15) is 0 Å². The largest absolute Gasteiger partial charge is 0.396 e. The molecule has 1 aliphatic rings. The summed E-state index contributed by atoms with van der Waals surface area (Å²) in [5, 5.41) is 13.0. The van der Waals surface area contributed by atoms with E-state index >= 15 is 0 Å². The highest BCUT2D eigenvalue weighted by atomic mass is 16.3. The van der Waals surface area contributed by atoms with Crippen LogP contribution in [0.3, 0.4) is 0 Å². The number of hydrogen-bond donors (Lipinski definition) is 2. The lowest BCUT2D eigenvalue weighted by molar-refractivity contribution is 0.0809. The summed E-state index contributed by atoms with van der Waals surface area (Å²) in [6.07, 6.45) is 9.67. The lowest BCUT2D eigenvalue weighted by Crippen LogP contribution is -2.38. The molecule has 2 N–H and O–H groups in total. The molecule has 0 saturated heterocycles. The molecule has 1 aromatic rings. The number of hydrogen-bond acceptors (Lipinski definition) is 4. The van der Waals surface area contributed by atoms with Crippen LogP contribution in [-0.4, -0.2) is 28.2 Å². The lowest BCUT2D eigenvalue weighted by atomic mass is 9.74. The smallest absolute Gasteiger partial charge is 0.0724 e. The van der Waals surface area contributed by atoms with Crippen LogP contribution in [0.1, 0.15) is 43.5 Å². The van der Waals surface area contributed by atoms with E-state index in [9.17, 15) is 5.11 Å². The predicted octanol–water partition coefficient (Wildman–Crippen LogP) is 1.82. The Hall–Kier alpha value is -1.00. The van der Waals surface area contributed by atoms with Gasteiger partial charge in [-0.1, -0.05) is 19.3 Å². The fraction of sp³-hybridized carbons (Fsp3) is 0.714. The number of aryl methyl sites for hydroxylation is 1. The molecule has 0 aromatic carbocycles. The van der Waals surface area contributed by atoms with E-state index in [1.54, 1.807) is 6.20 Å². The number of aliphatic hydroxyl groups excluding tert-OH is 1. The summed E-state index contributed by atoms with van der Waals surface area (Å²) in [4.78, 5) is 8.55. The monoisotopic (exact) mass is 249 g/mol. The summed E-state index contributed by atoms with van der Waals surface area (Å²) < 4.78 is 0. The van der Waals surface area contributed by atoms with Crippen molar-refractivity contribution >= 4 is 0 Å². The maximum absolute atomic E-state index is 9.61. The van der Waals surface area contributed by atoms with Gasteiger partial charge in [-0.15, -0.1) is 0 Å². The van der Waals surface area contributed by atoms with E-state index in [2.05, 4.69) is 15.3 Å². The summed E-state index contributed by atoms with van der Waals surface area (Å²) in [6, 6.07) is 0. The van der Waals surface area contributed by atoms with Crippen LogP contribution < -0.4 is 5.32 Å². The fourth-order valence-electron chi connectivity index (χ4n) is 2.66. The Labute approximate surface area is 109 Å². The van der Waals surface area contributed by atoms with Gasteiger partial charge in [0.25, 0.3) is 0 Å². The van der Waals surface area contributed by atoms with Crippen molar-refractivity contribution in [3.05, 3.63) is 23.8 Å². The Morgan fingerprint density at radius 1 is 1.22 bits per heavy atom. The van der Waals surface area contributed by atoms with Crippen molar-refractivity contribution in [3.8, 4) is 0 Å². The molecule has 0 aliphatic heterocycles. The third-order valence-corrected chi connectivity index (χ3v) is 3.89. The van der Waals surface area contributed by atoms with Crippen LogP contribution in [0.25, 0.3) is 0 Å². The van der Waals surface area contributed by atoms with Crippen molar-refractivity contribution in [1.29, 1.82) is 0 Å². The SMILES string of the molecule is Cc1cnc(CNCC2(CO)CCCCC2)cn1. The van der Waals surface area contributed by atoms with Gasteiger partial charge in [0.2, 0.25) is 0 Å². The molecule has 4 nitrogen and oxygen atoms in total. The van der Waals surface area contributed by atoms with Crippen molar-refractivity contribution in [2.75, 3.05) is 13.2 Å². The number of nitrogens with one attached hydrogen (secondary N) is 1. The van der Waals surface area contributed by atoms with Crippen LogP contribution in [0.2, 0.25) is 0 Å². The van der Waals surface area contributed by atoms with E-state index in [0.717, 1.165) is 37.3 Å². The molecular formula is C14H23N3O. The van der Waals surface area contributed by atoms with Gasteiger partial charge in [-0.25, -0.2) is 0 Å². The van der Waals surface area contributed by atoms with Crippen molar-refractivity contribution in [2.45, 2.75) is 45.6 Å². The van der Waals surface area contributed by atoms with E-state index in [-0.39, 0.29) is 5.41 Å². The number of aromatic nitrogens is 2. The van der Waals surface area contributed by atoms with E-state index in [1.807, 2.05) is 13.1 Å². The van der Waals surface area contributed by atoms with E-state index in [1.165, 1.54) is 19.3 Å². The minimum atomic E-state index is 0.0936. The second-order valence-corrected chi connectivity index (χ2v) is 5.47. The molecule has 0 spiro atoms. The highest BCUT2D eigenvalue weighted by molar-refractivity contribution is 5.00. The summed E-state index contributed by atoms with van der Waals surface area (Å²) in [5.41, 5.74) is 2.00. The van der Waals surface area contributed by atoms with Gasteiger partial charge >= 0.3 is 0 Å². The first-order chi connectivity index (χ1) is 8.74. The normalized spacial score (nSPS) is 18.8. The topological polar surface area (TPSA) is 58.0 Å². The number of rotatable bonds is 5. The first kappa shape index (κ1) is 13.4. The highest BCUT2D eigenvalue weighted by Crippen LogP contribution is 2.35. The molecule has 0 amide bonds. The highest BCUT2D eigenvalue weighted by Gasteiger charge is 2.30. The zero-order valence-electron chi connectivity index (χ0n) is 11.2. The zero-order chi connectivity index (χ0) is 12.8. The van der Waals surface area contributed by atoms with Crippen molar-refractivity contribution in [1.82, 2.24) is 15.3 Å². The molecule has 0 bridgehead atoms. The predicted molar refractivity (Wildman–Crippen MR) is 71.1 cm³/mol. The quantitative estimate of drug-likeness (QED) is 0.835. The summed E-state index contributed by atoms with van der Waals surface area (Å²) >= 11 is 0. The molecule has 1 aliphatic carbocycles. The fourth-order valence-corrected chi connectivity index (χ4v) is 2.66. The third kappa shape index (κ3) is 3.50. The zero-order valence-corrected chi connectivity index (χ0v) is 11.2. The average molecular weight is 249 g/mol. The van der Waals surface area contributed by atoms with Gasteiger partial charge in [-0.2, -0.15) is 0 Å². The molecule has 2 rings (SSSR count). The van der Waals surface area contributed by atoms with Gasteiger partial charge in [-0.05, 0) is 19.8 Å². The van der Waals surface area contributed by atoms with E-state index in [0.29, 0.717) is 6.61 Å². The molecule has 1 aromatic heterocycles. The molecule has 1 saturated carbocycles. The molecule has 0 unspecified atom stereocenters. The Balaban J connectivity index is 1.81. The number of aliphatic hydroxyl groups is 1. The van der Waals surface area contributed by atoms with Gasteiger partial charge in [0.05, 0.1) is 11.4 Å². The molecule has 0 atom stereocenters. The molecule has 0 radical (unpaired) electrons. The first-order valence-corrected chi connectivity index (χ1v) is 6.83. The molecule has 4 heteroatoms. The molecule has 1 fully saturated rings. The van der Waals surface area contributed by atoms with Gasteiger partial charge in [-0.3, -0.25) is 9.97 Å². The average Bonchev–Trinajstić information content (AvgIpc) is 2.42. The summed E-state index contributed by atoms with van der Waals surface area (Å²) in [7, 11) is 0. The third-order valence-electron chi connectivity index (χ3n) is 3.89. The molecule has 100 valence electrons. The van der Waals surface area contributed by atoms with Crippen LogP contribution >= 0.6 is 0 Å². The first-order valence-electron chi connectivity index (χ1n) is 6.83. The molecule has 1 heterocycles. The van der Waals surface area contributed by atoms with Crippen LogP contribution in [-0.2, 0) is 6.54 Å². The van der Waals surface area contributed by atoms with Gasteiger partial charge in [0.15, 0.2) is 0 Å². The minimum Gasteiger partial charge on any atom is -0.396 e. The Morgan fingerprint density at radius 2 is 2.00 bits per heavy atom. The van der Waals surface area contributed by atoms with Gasteiger partial charge in [0, 0.05) is 37.5 Å². The van der Waals surface area contributed by atoms with Gasteiger partial charge < -0.3 is 10.4 Å². The number of nitrogens with zero attached hydrogens (tertiary/aromatic N) is 2. The van der Waals surface area contributed by atoms with Crippen LogP contribution in [0, 0.1) is 12.3 Å². The van der Waals surface area contributed by atoms with Crippen LogP contribution in [0.15, 0.2) is 12.4 Å². The summed E-state index contributed by atoms with van der Waals surface area (Å²) in [5.74, 6) is 0. The maximum atomic E-state index is 9.61. The van der Waals surface area contributed by atoms with Crippen molar-refractivity contribution < 1.29 is 5.11 Å². The standard InChI is InChI=1S/C14H23N3O/c1-12-7-17-13(9-16-12)8-15-10-14(11-18)5-3-2-4-6-14/h7,9,15,18H,2-6,8,10-11H2,1H3. The Bertz CT molecular complexity index is 358. The Kier molecular flexibility index (Phi) is 4.66. The van der Waals surface area contributed by atoms with E-state index in [4.69, 9.17) is 0 Å². The van der Waals surface area contributed by atoms with Crippen LogP contribution in [0.5, 0.6) is 0 Å². The Morgan fingerprint density at radius 3 is 2.61 bits per heavy atom. The molecular weight excluding hydrogens is 226 g/mol. The summed E-state index contributed by atoms with van der Waals surface area (Å²) in [6.45, 7) is 3.83. The van der Waals surface area contributed by atoms with Crippen molar-refractivity contribution in [3.63, 3.8) is 0 Å². The lowest BCUT2D eigenvalue weighted by Gasteiger charge is -2.35. The second-order valence-electron chi connectivity index (χ2n) is 5.47. The van der Waals surface area contributed by atoms with Crippen molar-refractivity contribution in [2.24, 2.45) is 5.41 Å². The minimum absolute atomic E-state index is 0.0936. The maximum Gasteiger partial charge on any atom is 0.0724 e.